The number of urea groups is 1. The highest BCUT2D eigenvalue weighted by Gasteiger charge is 2.20. The number of carbonyl (C=O) groups excluding carboxylic acids is 3. The van der Waals surface area contributed by atoms with Gasteiger partial charge >= 0.3 is 6.03 Å². The molecule has 0 radical (unpaired) electrons. The summed E-state index contributed by atoms with van der Waals surface area (Å²) >= 11 is 5.60. The molecule has 0 unspecified atom stereocenters. The number of carbonyl (C=O) groups is 3. The van der Waals surface area contributed by atoms with Gasteiger partial charge in [0.25, 0.3) is 0 Å². The fraction of sp³-hybridized carbons (Fsp3) is 0.148. The van der Waals surface area contributed by atoms with Crippen molar-refractivity contribution in [2.24, 2.45) is 0 Å². The van der Waals surface area contributed by atoms with Crippen LogP contribution in [0.5, 0.6) is 0 Å². The average Bonchev–Trinajstić information content (AvgIpc) is 3.83. The predicted molar refractivity (Wildman–Crippen MR) is 169 cm³/mol. The molecule has 0 spiro atoms. The Morgan fingerprint density at radius 2 is 1.05 bits per heavy atom. The van der Waals surface area contributed by atoms with Crippen LogP contribution in [0.15, 0.2) is 57.9 Å². The summed E-state index contributed by atoms with van der Waals surface area (Å²) in [5.74, 6) is 0.374. The zero-order valence-corrected chi connectivity index (χ0v) is 25.0. The van der Waals surface area contributed by atoms with E-state index in [1.54, 1.807) is 12.1 Å². The Balaban J connectivity index is 0.974. The number of rotatable bonds is 12. The number of fused-ring (bicyclic) bond motifs is 2. The van der Waals surface area contributed by atoms with Gasteiger partial charge in [0.05, 0.1) is 30.2 Å². The molecule has 4 N–H and O–H groups in total. The van der Waals surface area contributed by atoms with Crippen molar-refractivity contribution in [1.82, 2.24) is 30.6 Å². The number of ketones is 2. The summed E-state index contributed by atoms with van der Waals surface area (Å²) < 4.78 is 1.49. The van der Waals surface area contributed by atoms with E-state index in [9.17, 15) is 14.4 Å². The predicted octanol–water partition coefficient (Wildman–Crippen LogP) is 5.10. The Kier molecular flexibility index (Phi) is 8.41. The first kappa shape index (κ1) is 27.8. The molecule has 2 amide bonds. The van der Waals surface area contributed by atoms with Crippen molar-refractivity contribution in [2.75, 3.05) is 36.8 Å². The van der Waals surface area contributed by atoms with Gasteiger partial charge in [0.2, 0.25) is 23.5 Å². The van der Waals surface area contributed by atoms with E-state index >= 15 is 0 Å². The van der Waals surface area contributed by atoms with Crippen LogP contribution in [0.4, 0.5) is 16.7 Å². The van der Waals surface area contributed by atoms with E-state index in [0.29, 0.717) is 70.3 Å². The molecule has 6 aromatic heterocycles. The molecule has 0 fully saturated rings. The first-order valence-corrected chi connectivity index (χ1v) is 16.2. The SMILES string of the molecule is O=C(NCCNc1nc(C(=O)c2cccs2)c2sccc2n1)NCCNc1nc(C(=O)c2cccs2)c2sccc2n1. The van der Waals surface area contributed by atoms with Crippen LogP contribution in [0.25, 0.3) is 20.4 Å². The molecule has 42 heavy (non-hydrogen) atoms. The quantitative estimate of drug-likeness (QED) is 0.106. The summed E-state index contributed by atoms with van der Waals surface area (Å²) in [6.07, 6.45) is 0. The topological polar surface area (TPSA) is 151 Å². The van der Waals surface area contributed by atoms with E-state index < -0.39 is 0 Å². The summed E-state index contributed by atoms with van der Waals surface area (Å²) in [6, 6.07) is 10.6. The highest BCUT2D eigenvalue weighted by Crippen LogP contribution is 2.28. The number of nitrogens with zero attached hydrogens (tertiary/aromatic N) is 4. The van der Waals surface area contributed by atoms with Gasteiger partial charge in [-0.15, -0.1) is 45.3 Å². The van der Waals surface area contributed by atoms with E-state index in [1.807, 2.05) is 45.8 Å². The molecule has 6 aromatic rings. The molecule has 0 bridgehead atoms. The summed E-state index contributed by atoms with van der Waals surface area (Å²) in [4.78, 5) is 57.3. The Morgan fingerprint density at radius 3 is 1.48 bits per heavy atom. The lowest BCUT2D eigenvalue weighted by Crippen LogP contribution is -2.40. The Hall–Kier alpha value is -4.31. The van der Waals surface area contributed by atoms with Crippen molar-refractivity contribution in [3.05, 3.63) is 79.1 Å². The molecule has 15 heteroatoms. The van der Waals surface area contributed by atoms with E-state index in [4.69, 9.17) is 0 Å². The third-order valence-corrected chi connectivity index (χ3v) is 9.47. The second-order valence-corrected chi connectivity index (χ2v) is 12.4. The number of anilines is 2. The normalized spacial score (nSPS) is 11.0. The second kappa shape index (κ2) is 12.7. The summed E-state index contributed by atoms with van der Waals surface area (Å²) in [5, 5.41) is 19.2. The fourth-order valence-electron chi connectivity index (χ4n) is 4.00. The van der Waals surface area contributed by atoms with E-state index in [2.05, 4.69) is 41.2 Å². The maximum Gasteiger partial charge on any atom is 0.314 e. The van der Waals surface area contributed by atoms with E-state index in [-0.39, 0.29) is 17.6 Å². The van der Waals surface area contributed by atoms with Crippen molar-refractivity contribution in [3.8, 4) is 0 Å². The first-order chi connectivity index (χ1) is 20.6. The van der Waals surface area contributed by atoms with Crippen LogP contribution in [0.3, 0.4) is 0 Å². The molecule has 6 heterocycles. The maximum atomic E-state index is 13.0. The Bertz CT molecular complexity index is 1730. The van der Waals surface area contributed by atoms with Gasteiger partial charge in [-0.1, -0.05) is 12.1 Å². The van der Waals surface area contributed by atoms with Gasteiger partial charge in [0, 0.05) is 26.2 Å². The van der Waals surface area contributed by atoms with Gasteiger partial charge in [0.15, 0.2) is 0 Å². The first-order valence-electron chi connectivity index (χ1n) is 12.7. The van der Waals surface area contributed by atoms with Crippen LogP contribution in [0.2, 0.25) is 0 Å². The molecule has 212 valence electrons. The number of amides is 2. The van der Waals surface area contributed by atoms with Crippen LogP contribution in [0, 0.1) is 0 Å². The molecule has 6 rings (SSSR count). The van der Waals surface area contributed by atoms with Gasteiger partial charge in [-0.05, 0) is 45.8 Å². The number of aromatic nitrogens is 4. The van der Waals surface area contributed by atoms with Crippen molar-refractivity contribution >= 4 is 95.3 Å². The van der Waals surface area contributed by atoms with E-state index in [0.717, 1.165) is 9.40 Å². The molecule has 0 saturated carbocycles. The lowest BCUT2D eigenvalue weighted by molar-refractivity contribution is 0.103. The number of hydrogen-bond donors (Lipinski definition) is 4. The molecule has 0 aromatic carbocycles. The zero-order chi connectivity index (χ0) is 28.9. The van der Waals surface area contributed by atoms with Crippen molar-refractivity contribution in [3.63, 3.8) is 0 Å². The highest BCUT2D eigenvalue weighted by molar-refractivity contribution is 7.18. The average molecular weight is 635 g/mol. The largest absolute Gasteiger partial charge is 0.352 e. The molecule has 0 aliphatic heterocycles. The third-order valence-electron chi connectivity index (χ3n) is 5.91. The molecular formula is C27H22N8O3S4. The molecule has 0 saturated heterocycles. The zero-order valence-electron chi connectivity index (χ0n) is 21.7. The number of thiophene rings is 4. The monoisotopic (exact) mass is 634 g/mol. The minimum atomic E-state index is -0.343. The molecule has 0 aliphatic carbocycles. The fourth-order valence-corrected chi connectivity index (χ4v) is 6.97. The molecule has 0 atom stereocenters. The minimum Gasteiger partial charge on any atom is -0.352 e. The number of hydrogen-bond acceptors (Lipinski definition) is 13. The summed E-state index contributed by atoms with van der Waals surface area (Å²) in [6.45, 7) is 1.35. The summed E-state index contributed by atoms with van der Waals surface area (Å²) in [5.41, 5.74) is 2.12. The smallest absolute Gasteiger partial charge is 0.314 e. The summed E-state index contributed by atoms with van der Waals surface area (Å²) in [7, 11) is 0. The van der Waals surface area contributed by atoms with Crippen LogP contribution < -0.4 is 21.3 Å². The third kappa shape index (κ3) is 6.13. The molecule has 0 aliphatic rings. The maximum absolute atomic E-state index is 13.0. The van der Waals surface area contributed by atoms with Gasteiger partial charge in [-0.3, -0.25) is 9.59 Å². The minimum absolute atomic E-state index is 0.139. The van der Waals surface area contributed by atoms with Crippen LogP contribution >= 0.6 is 45.3 Å². The second-order valence-electron chi connectivity index (χ2n) is 8.71. The van der Waals surface area contributed by atoms with Gasteiger partial charge in [0.1, 0.15) is 11.4 Å². The van der Waals surface area contributed by atoms with Gasteiger partial charge < -0.3 is 21.3 Å². The van der Waals surface area contributed by atoms with Gasteiger partial charge in [-0.2, -0.15) is 0 Å². The molecule has 11 nitrogen and oxygen atoms in total. The van der Waals surface area contributed by atoms with Crippen LogP contribution in [-0.4, -0.2) is 63.7 Å². The van der Waals surface area contributed by atoms with Gasteiger partial charge in [-0.25, -0.2) is 24.7 Å². The Morgan fingerprint density at radius 1 is 0.571 bits per heavy atom. The Labute approximate surface area is 255 Å². The lowest BCUT2D eigenvalue weighted by Gasteiger charge is -2.10. The van der Waals surface area contributed by atoms with Crippen molar-refractivity contribution < 1.29 is 14.4 Å². The van der Waals surface area contributed by atoms with E-state index in [1.165, 1.54) is 45.3 Å². The van der Waals surface area contributed by atoms with Crippen molar-refractivity contribution in [1.29, 1.82) is 0 Å². The lowest BCUT2D eigenvalue weighted by atomic mass is 10.2. The highest BCUT2D eigenvalue weighted by atomic mass is 32.1. The van der Waals surface area contributed by atoms with Crippen LogP contribution in [0.1, 0.15) is 30.7 Å². The van der Waals surface area contributed by atoms with Crippen LogP contribution in [-0.2, 0) is 0 Å². The number of nitrogens with one attached hydrogen (secondary N) is 4. The molecular weight excluding hydrogens is 613 g/mol. The standard InChI is InChI=1S/C27H22N8O3S4/c36-21(17-3-1-11-39-17)19-23-15(5-13-41-23)32-25(34-19)28-7-9-30-27(38)31-10-8-29-26-33-16-6-14-42-24(16)20(35-26)22(37)18-4-2-12-40-18/h1-6,11-14H,7-10H2,(H,28,32,34)(H,29,33,35)(H2,30,31,38). The van der Waals surface area contributed by atoms with Crippen molar-refractivity contribution in [2.45, 2.75) is 0 Å².